The summed E-state index contributed by atoms with van der Waals surface area (Å²) in [7, 11) is 0. The first kappa shape index (κ1) is 15.8. The standard InChI is InChI=1S/C15H18N2O5/c1-3-21-14(19)13(18)16-8-12-9-17(15(20)22-12)11-6-4-5-10(2)7-11/h4-7,12H,3,8-9H2,1-2H3,(H,16,18). The summed E-state index contributed by atoms with van der Waals surface area (Å²) in [6.07, 6.45) is -0.979. The van der Waals surface area contributed by atoms with Crippen LogP contribution in [0, 0.1) is 6.92 Å². The van der Waals surface area contributed by atoms with Gasteiger partial charge in [0.15, 0.2) is 0 Å². The number of ether oxygens (including phenoxy) is 2. The van der Waals surface area contributed by atoms with Crippen molar-refractivity contribution < 1.29 is 23.9 Å². The molecule has 1 atom stereocenters. The van der Waals surface area contributed by atoms with Crippen LogP contribution in [0.2, 0.25) is 0 Å². The van der Waals surface area contributed by atoms with E-state index in [0.29, 0.717) is 6.54 Å². The van der Waals surface area contributed by atoms with E-state index in [-0.39, 0.29) is 13.2 Å². The molecule has 1 fully saturated rings. The number of hydrogen-bond acceptors (Lipinski definition) is 5. The van der Waals surface area contributed by atoms with E-state index < -0.39 is 24.1 Å². The fourth-order valence-electron chi connectivity index (χ4n) is 2.11. The van der Waals surface area contributed by atoms with Crippen LogP contribution in [0.5, 0.6) is 0 Å². The molecule has 1 heterocycles. The second-order valence-electron chi connectivity index (χ2n) is 4.89. The van der Waals surface area contributed by atoms with Crippen molar-refractivity contribution in [3.8, 4) is 0 Å². The zero-order chi connectivity index (χ0) is 16.1. The minimum absolute atomic E-state index is 0.0612. The van der Waals surface area contributed by atoms with E-state index in [1.54, 1.807) is 6.92 Å². The summed E-state index contributed by atoms with van der Waals surface area (Å²) in [6.45, 7) is 4.05. The average molecular weight is 306 g/mol. The van der Waals surface area contributed by atoms with E-state index >= 15 is 0 Å². The van der Waals surface area contributed by atoms with Crippen LogP contribution in [0.4, 0.5) is 10.5 Å². The highest BCUT2D eigenvalue weighted by molar-refractivity contribution is 6.32. The number of hydrogen-bond donors (Lipinski definition) is 1. The first-order chi connectivity index (χ1) is 10.5. The van der Waals surface area contributed by atoms with Gasteiger partial charge in [-0.25, -0.2) is 9.59 Å². The lowest BCUT2D eigenvalue weighted by Gasteiger charge is -2.13. The maximum absolute atomic E-state index is 11.9. The Morgan fingerprint density at radius 2 is 2.23 bits per heavy atom. The number of carbonyl (C=O) groups excluding carboxylic acids is 3. The first-order valence-electron chi connectivity index (χ1n) is 7.01. The molecule has 118 valence electrons. The molecule has 1 saturated heterocycles. The van der Waals surface area contributed by atoms with E-state index in [2.05, 4.69) is 10.1 Å². The predicted molar refractivity (Wildman–Crippen MR) is 78.4 cm³/mol. The largest absolute Gasteiger partial charge is 0.459 e. The van der Waals surface area contributed by atoms with Gasteiger partial charge in [-0.1, -0.05) is 12.1 Å². The Kier molecular flexibility index (Phi) is 4.98. The Labute approximate surface area is 128 Å². The molecule has 1 aliphatic rings. The van der Waals surface area contributed by atoms with Crippen LogP contribution in [0.1, 0.15) is 12.5 Å². The molecule has 2 amide bonds. The molecule has 0 aliphatic carbocycles. The summed E-state index contributed by atoms with van der Waals surface area (Å²) in [5.41, 5.74) is 1.77. The molecule has 1 aromatic rings. The van der Waals surface area contributed by atoms with Crippen LogP contribution in [-0.2, 0) is 19.1 Å². The molecule has 0 radical (unpaired) electrons. The lowest BCUT2D eigenvalue weighted by Crippen LogP contribution is -2.39. The topological polar surface area (TPSA) is 84.9 Å². The smallest absolute Gasteiger partial charge is 0.414 e. The van der Waals surface area contributed by atoms with Crippen molar-refractivity contribution >= 4 is 23.7 Å². The maximum Gasteiger partial charge on any atom is 0.414 e. The monoisotopic (exact) mass is 306 g/mol. The minimum Gasteiger partial charge on any atom is -0.459 e. The number of aryl methyl sites for hydroxylation is 1. The van der Waals surface area contributed by atoms with Gasteiger partial charge in [-0.05, 0) is 31.5 Å². The Morgan fingerprint density at radius 3 is 2.91 bits per heavy atom. The molecule has 0 aromatic heterocycles. The van der Waals surface area contributed by atoms with Crippen LogP contribution in [-0.4, -0.2) is 43.8 Å². The van der Waals surface area contributed by atoms with Gasteiger partial charge in [-0.3, -0.25) is 9.69 Å². The van der Waals surface area contributed by atoms with Crippen molar-refractivity contribution in [2.75, 3.05) is 24.6 Å². The number of nitrogens with zero attached hydrogens (tertiary/aromatic N) is 1. The van der Waals surface area contributed by atoms with Gasteiger partial charge in [0, 0.05) is 5.69 Å². The number of carbonyl (C=O) groups is 3. The number of benzene rings is 1. The third-order valence-corrected chi connectivity index (χ3v) is 3.14. The normalized spacial score (nSPS) is 17.1. The molecule has 1 unspecified atom stereocenters. The highest BCUT2D eigenvalue weighted by atomic mass is 16.6. The van der Waals surface area contributed by atoms with Gasteiger partial charge in [0.25, 0.3) is 0 Å². The van der Waals surface area contributed by atoms with Crippen molar-refractivity contribution in [2.24, 2.45) is 0 Å². The minimum atomic E-state index is -0.942. The summed E-state index contributed by atoms with van der Waals surface area (Å²) in [5, 5.41) is 2.40. The third kappa shape index (κ3) is 3.75. The molecule has 0 spiro atoms. The van der Waals surface area contributed by atoms with E-state index in [9.17, 15) is 14.4 Å². The van der Waals surface area contributed by atoms with Gasteiger partial charge >= 0.3 is 18.0 Å². The Balaban J connectivity index is 1.90. The molecule has 1 aromatic carbocycles. The summed E-state index contributed by atoms with van der Waals surface area (Å²) in [4.78, 5) is 36.0. The lowest BCUT2D eigenvalue weighted by molar-refractivity contribution is -0.154. The maximum atomic E-state index is 11.9. The van der Waals surface area contributed by atoms with Gasteiger partial charge in [0.05, 0.1) is 19.7 Å². The molecule has 2 rings (SSSR count). The molecule has 0 bridgehead atoms. The van der Waals surface area contributed by atoms with Crippen LogP contribution in [0.25, 0.3) is 0 Å². The molecular formula is C15H18N2O5. The zero-order valence-corrected chi connectivity index (χ0v) is 12.5. The summed E-state index contributed by atoms with van der Waals surface area (Å²) in [5.74, 6) is -1.78. The predicted octanol–water partition coefficient (Wildman–Crippen LogP) is 1.000. The van der Waals surface area contributed by atoms with E-state index in [1.165, 1.54) is 4.90 Å². The third-order valence-electron chi connectivity index (χ3n) is 3.14. The molecule has 1 N–H and O–H groups in total. The summed E-state index contributed by atoms with van der Waals surface area (Å²) in [6, 6.07) is 7.48. The van der Waals surface area contributed by atoms with Gasteiger partial charge in [-0.2, -0.15) is 0 Å². The van der Waals surface area contributed by atoms with Gasteiger partial charge in [0.2, 0.25) is 0 Å². The van der Waals surface area contributed by atoms with Crippen LogP contribution >= 0.6 is 0 Å². The SMILES string of the molecule is CCOC(=O)C(=O)NCC1CN(c2cccc(C)c2)C(=O)O1. The molecule has 7 heteroatoms. The Morgan fingerprint density at radius 1 is 1.45 bits per heavy atom. The second-order valence-corrected chi connectivity index (χ2v) is 4.89. The number of amides is 2. The second kappa shape index (κ2) is 6.93. The highest BCUT2D eigenvalue weighted by Gasteiger charge is 2.33. The van der Waals surface area contributed by atoms with Gasteiger partial charge in [0.1, 0.15) is 6.10 Å². The number of cyclic esters (lactones) is 1. The van der Waals surface area contributed by atoms with Crippen molar-refractivity contribution in [2.45, 2.75) is 20.0 Å². The quantitative estimate of drug-likeness (QED) is 0.662. The molecule has 7 nitrogen and oxygen atoms in total. The highest BCUT2D eigenvalue weighted by Crippen LogP contribution is 2.22. The summed E-state index contributed by atoms with van der Waals surface area (Å²) < 4.78 is 9.75. The van der Waals surface area contributed by atoms with Gasteiger partial charge in [-0.15, -0.1) is 0 Å². The molecular weight excluding hydrogens is 288 g/mol. The lowest BCUT2D eigenvalue weighted by atomic mass is 10.2. The van der Waals surface area contributed by atoms with Crippen molar-refractivity contribution in [3.63, 3.8) is 0 Å². The van der Waals surface area contributed by atoms with E-state index in [0.717, 1.165) is 11.3 Å². The number of rotatable bonds is 4. The molecule has 1 aliphatic heterocycles. The molecule has 0 saturated carbocycles. The van der Waals surface area contributed by atoms with Crippen LogP contribution in [0.15, 0.2) is 24.3 Å². The number of nitrogens with one attached hydrogen (secondary N) is 1. The fraction of sp³-hybridized carbons (Fsp3) is 0.400. The zero-order valence-electron chi connectivity index (χ0n) is 12.5. The van der Waals surface area contributed by atoms with Crippen molar-refractivity contribution in [3.05, 3.63) is 29.8 Å². The average Bonchev–Trinajstić information content (AvgIpc) is 2.86. The Hall–Kier alpha value is -2.57. The Bertz CT molecular complexity index is 587. The number of esters is 1. The van der Waals surface area contributed by atoms with Crippen molar-refractivity contribution in [1.29, 1.82) is 0 Å². The summed E-state index contributed by atoms with van der Waals surface area (Å²) >= 11 is 0. The van der Waals surface area contributed by atoms with E-state index in [1.807, 2.05) is 31.2 Å². The fourth-order valence-corrected chi connectivity index (χ4v) is 2.11. The molecule has 22 heavy (non-hydrogen) atoms. The van der Waals surface area contributed by atoms with E-state index in [4.69, 9.17) is 4.74 Å². The van der Waals surface area contributed by atoms with Gasteiger partial charge < -0.3 is 14.8 Å². The van der Waals surface area contributed by atoms with Crippen LogP contribution in [0.3, 0.4) is 0 Å². The first-order valence-corrected chi connectivity index (χ1v) is 7.01. The number of anilines is 1. The van der Waals surface area contributed by atoms with Crippen LogP contribution < -0.4 is 10.2 Å². The van der Waals surface area contributed by atoms with Crippen molar-refractivity contribution in [1.82, 2.24) is 5.32 Å².